The SMILES string of the molecule is NS(=O)(=O)c1cccc(CNC(=O)CC2CCCN2)c1. The van der Waals surface area contributed by atoms with E-state index in [-0.39, 0.29) is 16.8 Å². The highest BCUT2D eigenvalue weighted by molar-refractivity contribution is 7.89. The summed E-state index contributed by atoms with van der Waals surface area (Å²) in [5.41, 5.74) is 0.712. The minimum absolute atomic E-state index is 0.0367. The fourth-order valence-corrected chi connectivity index (χ4v) is 2.84. The topological polar surface area (TPSA) is 101 Å². The molecule has 1 aromatic rings. The van der Waals surface area contributed by atoms with Gasteiger partial charge in [0.2, 0.25) is 15.9 Å². The van der Waals surface area contributed by atoms with Crippen LogP contribution < -0.4 is 15.8 Å². The van der Waals surface area contributed by atoms with Gasteiger partial charge in [0.1, 0.15) is 0 Å². The van der Waals surface area contributed by atoms with Gasteiger partial charge in [-0.15, -0.1) is 0 Å². The van der Waals surface area contributed by atoms with Gasteiger partial charge in [-0.05, 0) is 37.1 Å². The molecule has 110 valence electrons. The molecule has 6 nitrogen and oxygen atoms in total. The molecule has 0 spiro atoms. The van der Waals surface area contributed by atoms with Gasteiger partial charge in [-0.25, -0.2) is 13.6 Å². The summed E-state index contributed by atoms with van der Waals surface area (Å²) in [6.45, 7) is 1.27. The molecule has 7 heteroatoms. The van der Waals surface area contributed by atoms with Gasteiger partial charge in [0.15, 0.2) is 0 Å². The molecule has 4 N–H and O–H groups in total. The second kappa shape index (κ2) is 6.34. The maximum atomic E-state index is 11.8. The lowest BCUT2D eigenvalue weighted by Crippen LogP contribution is -2.31. The number of primary sulfonamides is 1. The molecule has 0 radical (unpaired) electrons. The van der Waals surface area contributed by atoms with Crippen LogP contribution in [0, 0.1) is 0 Å². The van der Waals surface area contributed by atoms with E-state index in [1.807, 2.05) is 0 Å². The number of carbonyl (C=O) groups is 1. The van der Waals surface area contributed by atoms with Crippen LogP contribution in [0.4, 0.5) is 0 Å². The highest BCUT2D eigenvalue weighted by atomic mass is 32.2. The first kappa shape index (κ1) is 15.0. The Kier molecular flexibility index (Phi) is 4.74. The first-order chi connectivity index (χ1) is 9.45. The highest BCUT2D eigenvalue weighted by Gasteiger charge is 2.17. The van der Waals surface area contributed by atoms with Crippen LogP contribution in [0.1, 0.15) is 24.8 Å². The molecule has 1 aliphatic heterocycles. The van der Waals surface area contributed by atoms with Crippen molar-refractivity contribution in [3.63, 3.8) is 0 Å². The van der Waals surface area contributed by atoms with E-state index in [4.69, 9.17) is 5.14 Å². The summed E-state index contributed by atoms with van der Waals surface area (Å²) in [7, 11) is -3.71. The lowest BCUT2D eigenvalue weighted by molar-refractivity contribution is -0.121. The van der Waals surface area contributed by atoms with Crippen molar-refractivity contribution in [3.8, 4) is 0 Å². The predicted molar refractivity (Wildman–Crippen MR) is 75.3 cm³/mol. The maximum Gasteiger partial charge on any atom is 0.238 e. The van der Waals surface area contributed by atoms with Crippen LogP contribution in [0.15, 0.2) is 29.2 Å². The van der Waals surface area contributed by atoms with Crippen LogP contribution >= 0.6 is 0 Å². The summed E-state index contributed by atoms with van der Waals surface area (Å²) in [5.74, 6) is -0.0367. The molecule has 0 aliphatic carbocycles. The van der Waals surface area contributed by atoms with Gasteiger partial charge in [-0.3, -0.25) is 4.79 Å². The number of sulfonamides is 1. The number of benzene rings is 1. The molecule has 1 amide bonds. The van der Waals surface area contributed by atoms with E-state index in [0.29, 0.717) is 18.5 Å². The van der Waals surface area contributed by atoms with E-state index in [1.165, 1.54) is 12.1 Å². The summed E-state index contributed by atoms with van der Waals surface area (Å²) in [6, 6.07) is 6.53. The van der Waals surface area contributed by atoms with Gasteiger partial charge >= 0.3 is 0 Å². The molecular formula is C13H19N3O3S. The van der Waals surface area contributed by atoms with Gasteiger partial charge < -0.3 is 10.6 Å². The Morgan fingerprint density at radius 3 is 2.90 bits per heavy atom. The summed E-state index contributed by atoms with van der Waals surface area (Å²) in [6.07, 6.45) is 2.58. The van der Waals surface area contributed by atoms with Crippen LogP contribution in [0.3, 0.4) is 0 Å². The van der Waals surface area contributed by atoms with Crippen LogP contribution in [-0.4, -0.2) is 26.9 Å². The number of rotatable bonds is 5. The van der Waals surface area contributed by atoms with Gasteiger partial charge in [0.05, 0.1) is 4.90 Å². The zero-order valence-electron chi connectivity index (χ0n) is 11.1. The van der Waals surface area contributed by atoms with Crippen LogP contribution in [-0.2, 0) is 21.4 Å². The molecule has 0 bridgehead atoms. The quantitative estimate of drug-likeness (QED) is 0.717. The molecular weight excluding hydrogens is 278 g/mol. The smallest absolute Gasteiger partial charge is 0.238 e. The second-order valence-electron chi connectivity index (χ2n) is 4.97. The minimum atomic E-state index is -3.71. The van der Waals surface area contributed by atoms with Gasteiger partial charge in [-0.1, -0.05) is 12.1 Å². The van der Waals surface area contributed by atoms with Crippen LogP contribution in [0.2, 0.25) is 0 Å². The normalized spacial score (nSPS) is 18.9. The molecule has 1 saturated heterocycles. The minimum Gasteiger partial charge on any atom is -0.352 e. The van der Waals surface area contributed by atoms with Gasteiger partial charge in [0, 0.05) is 19.0 Å². The van der Waals surface area contributed by atoms with E-state index in [0.717, 1.165) is 19.4 Å². The molecule has 0 saturated carbocycles. The third-order valence-corrected chi connectivity index (χ3v) is 4.22. The highest BCUT2D eigenvalue weighted by Crippen LogP contribution is 2.11. The zero-order chi connectivity index (χ0) is 14.6. The molecule has 1 fully saturated rings. The Bertz CT molecular complexity index is 580. The number of carbonyl (C=O) groups excluding carboxylic acids is 1. The van der Waals surface area contributed by atoms with Gasteiger partial charge in [-0.2, -0.15) is 0 Å². The first-order valence-corrected chi connectivity index (χ1v) is 8.11. The zero-order valence-corrected chi connectivity index (χ0v) is 11.9. The predicted octanol–water partition coefficient (Wildman–Crippen LogP) is 0.0923. The lowest BCUT2D eigenvalue weighted by atomic mass is 10.1. The number of nitrogens with one attached hydrogen (secondary N) is 2. The average molecular weight is 297 g/mol. The van der Waals surface area contributed by atoms with Crippen molar-refractivity contribution < 1.29 is 13.2 Å². The Morgan fingerprint density at radius 2 is 2.25 bits per heavy atom. The van der Waals surface area contributed by atoms with E-state index in [9.17, 15) is 13.2 Å². The van der Waals surface area contributed by atoms with Crippen molar-refractivity contribution in [1.82, 2.24) is 10.6 Å². The molecule has 1 heterocycles. The maximum absolute atomic E-state index is 11.8. The Labute approximate surface area is 118 Å². The van der Waals surface area contributed by atoms with Crippen molar-refractivity contribution in [2.24, 2.45) is 5.14 Å². The fourth-order valence-electron chi connectivity index (χ4n) is 2.26. The number of amides is 1. The standard InChI is InChI=1S/C13H19N3O3S/c14-20(18,19)12-5-1-3-10(7-12)9-16-13(17)8-11-4-2-6-15-11/h1,3,5,7,11,15H,2,4,6,8-9H2,(H,16,17)(H2,14,18,19). The molecule has 2 rings (SSSR count). The third-order valence-electron chi connectivity index (χ3n) is 3.31. The molecule has 1 aliphatic rings. The lowest BCUT2D eigenvalue weighted by Gasteiger charge is -2.10. The van der Waals surface area contributed by atoms with Crippen molar-refractivity contribution >= 4 is 15.9 Å². The van der Waals surface area contributed by atoms with Crippen LogP contribution in [0.25, 0.3) is 0 Å². The van der Waals surface area contributed by atoms with Crippen molar-refractivity contribution in [1.29, 1.82) is 0 Å². The van der Waals surface area contributed by atoms with E-state index in [2.05, 4.69) is 10.6 Å². The monoisotopic (exact) mass is 297 g/mol. The molecule has 0 aromatic heterocycles. The van der Waals surface area contributed by atoms with Gasteiger partial charge in [0.25, 0.3) is 0 Å². The van der Waals surface area contributed by atoms with Crippen molar-refractivity contribution in [2.75, 3.05) is 6.54 Å². The average Bonchev–Trinajstić information content (AvgIpc) is 2.88. The summed E-state index contributed by atoms with van der Waals surface area (Å²) in [4.78, 5) is 11.8. The third kappa shape index (κ3) is 4.29. The molecule has 1 aromatic carbocycles. The van der Waals surface area contributed by atoms with Crippen molar-refractivity contribution in [3.05, 3.63) is 29.8 Å². The van der Waals surface area contributed by atoms with Crippen LogP contribution in [0.5, 0.6) is 0 Å². The summed E-state index contributed by atoms with van der Waals surface area (Å²) in [5, 5.41) is 11.1. The Balaban J connectivity index is 1.88. The van der Waals surface area contributed by atoms with E-state index >= 15 is 0 Å². The number of nitrogens with two attached hydrogens (primary N) is 1. The molecule has 1 unspecified atom stereocenters. The second-order valence-corrected chi connectivity index (χ2v) is 6.53. The van der Waals surface area contributed by atoms with E-state index in [1.54, 1.807) is 12.1 Å². The summed E-state index contributed by atoms with van der Waals surface area (Å²) < 4.78 is 22.5. The molecule has 1 atom stereocenters. The number of hydrogen-bond donors (Lipinski definition) is 3. The largest absolute Gasteiger partial charge is 0.352 e. The fraction of sp³-hybridized carbons (Fsp3) is 0.462. The van der Waals surface area contributed by atoms with Crippen molar-refractivity contribution in [2.45, 2.75) is 36.7 Å². The first-order valence-electron chi connectivity index (χ1n) is 6.57. The molecule has 20 heavy (non-hydrogen) atoms. The summed E-state index contributed by atoms with van der Waals surface area (Å²) >= 11 is 0. The Morgan fingerprint density at radius 1 is 1.45 bits per heavy atom. The number of hydrogen-bond acceptors (Lipinski definition) is 4. The Hall–Kier alpha value is -1.44. The van der Waals surface area contributed by atoms with E-state index < -0.39 is 10.0 Å².